The average Bonchev–Trinajstić information content (AvgIpc) is 2.89. The number of benzene rings is 1. The molecule has 7 heteroatoms. The Labute approximate surface area is 124 Å². The largest absolute Gasteiger partial charge is 0.337 e. The molecule has 1 aliphatic heterocycles. The zero-order chi connectivity index (χ0) is 13.2. The van der Waals surface area contributed by atoms with E-state index in [0.29, 0.717) is 5.02 Å². The number of hydrogen-bond acceptors (Lipinski definition) is 4. The predicted molar refractivity (Wildman–Crippen MR) is 79.6 cm³/mol. The molecule has 0 saturated carbocycles. The van der Waals surface area contributed by atoms with E-state index in [9.17, 15) is 0 Å². The van der Waals surface area contributed by atoms with Crippen LogP contribution >= 0.6 is 27.5 Å². The standard InChI is InChI=1S/C12H13BrClN5/c13-10-7-8(14)1-2-9(10)11-16-12(18-17-11)19-5-3-15-4-6-19/h1-2,7,15H,3-6H2,(H,16,17,18). The summed E-state index contributed by atoms with van der Waals surface area (Å²) in [6, 6.07) is 5.62. The van der Waals surface area contributed by atoms with E-state index in [1.54, 1.807) is 0 Å². The molecule has 1 aliphatic rings. The van der Waals surface area contributed by atoms with Crippen molar-refractivity contribution < 1.29 is 0 Å². The molecule has 2 N–H and O–H groups in total. The van der Waals surface area contributed by atoms with E-state index < -0.39 is 0 Å². The Morgan fingerprint density at radius 3 is 2.79 bits per heavy atom. The lowest BCUT2D eigenvalue weighted by molar-refractivity contribution is 0.580. The molecule has 0 radical (unpaired) electrons. The molecule has 0 atom stereocenters. The summed E-state index contributed by atoms with van der Waals surface area (Å²) in [6.07, 6.45) is 0. The lowest BCUT2D eigenvalue weighted by atomic mass is 10.2. The van der Waals surface area contributed by atoms with Crippen LogP contribution in [0.25, 0.3) is 11.4 Å². The highest BCUT2D eigenvalue weighted by atomic mass is 79.9. The lowest BCUT2D eigenvalue weighted by Crippen LogP contribution is -2.44. The molecule has 2 aromatic rings. The summed E-state index contributed by atoms with van der Waals surface area (Å²) in [4.78, 5) is 6.72. The van der Waals surface area contributed by atoms with Crippen LogP contribution in [0, 0.1) is 0 Å². The van der Waals surface area contributed by atoms with Crippen LogP contribution in [0.15, 0.2) is 22.7 Å². The third-order valence-electron chi connectivity index (χ3n) is 3.06. The number of hydrogen-bond donors (Lipinski definition) is 2. The Morgan fingerprint density at radius 1 is 1.26 bits per heavy atom. The van der Waals surface area contributed by atoms with Crippen molar-refractivity contribution in [3.63, 3.8) is 0 Å². The first-order valence-corrected chi connectivity index (χ1v) is 7.24. The van der Waals surface area contributed by atoms with Crippen LogP contribution in [0.3, 0.4) is 0 Å². The van der Waals surface area contributed by atoms with E-state index in [-0.39, 0.29) is 0 Å². The highest BCUT2D eigenvalue weighted by Gasteiger charge is 2.16. The summed E-state index contributed by atoms with van der Waals surface area (Å²) >= 11 is 9.43. The van der Waals surface area contributed by atoms with E-state index >= 15 is 0 Å². The predicted octanol–water partition coefficient (Wildman–Crippen LogP) is 2.30. The monoisotopic (exact) mass is 341 g/mol. The zero-order valence-corrected chi connectivity index (χ0v) is 12.5. The Kier molecular flexibility index (Phi) is 3.72. The van der Waals surface area contributed by atoms with Crippen LogP contribution in [0.2, 0.25) is 5.02 Å². The minimum absolute atomic E-state index is 0.692. The summed E-state index contributed by atoms with van der Waals surface area (Å²) < 4.78 is 0.906. The molecule has 1 aromatic carbocycles. The van der Waals surface area contributed by atoms with Gasteiger partial charge in [-0.3, -0.25) is 5.10 Å². The van der Waals surface area contributed by atoms with Gasteiger partial charge in [0.15, 0.2) is 5.82 Å². The maximum Gasteiger partial charge on any atom is 0.245 e. The van der Waals surface area contributed by atoms with E-state index in [1.807, 2.05) is 18.2 Å². The van der Waals surface area contributed by atoms with Gasteiger partial charge in [0.25, 0.3) is 0 Å². The molecule has 0 unspecified atom stereocenters. The van der Waals surface area contributed by atoms with Gasteiger partial charge >= 0.3 is 0 Å². The molecule has 1 aromatic heterocycles. The number of H-pyrrole nitrogens is 1. The number of aromatic amines is 1. The smallest absolute Gasteiger partial charge is 0.245 e. The number of aromatic nitrogens is 3. The van der Waals surface area contributed by atoms with Crippen molar-refractivity contribution in [2.75, 3.05) is 31.1 Å². The third kappa shape index (κ3) is 2.75. The highest BCUT2D eigenvalue weighted by molar-refractivity contribution is 9.10. The molecule has 0 spiro atoms. The SMILES string of the molecule is Clc1ccc(-c2nc(N3CCNCC3)n[nH]2)c(Br)c1. The van der Waals surface area contributed by atoms with Crippen molar-refractivity contribution in [2.45, 2.75) is 0 Å². The van der Waals surface area contributed by atoms with Crippen LogP contribution < -0.4 is 10.2 Å². The van der Waals surface area contributed by atoms with Crippen LogP contribution in [0.1, 0.15) is 0 Å². The minimum atomic E-state index is 0.692. The summed E-state index contributed by atoms with van der Waals surface area (Å²) in [6.45, 7) is 3.79. The van der Waals surface area contributed by atoms with Crippen LogP contribution in [-0.2, 0) is 0 Å². The molecular weight excluding hydrogens is 330 g/mol. The van der Waals surface area contributed by atoms with Crippen molar-refractivity contribution in [3.05, 3.63) is 27.7 Å². The first-order chi connectivity index (χ1) is 9.24. The van der Waals surface area contributed by atoms with Crippen LogP contribution in [0.4, 0.5) is 5.95 Å². The second-order valence-electron chi connectivity index (χ2n) is 4.35. The molecule has 0 bridgehead atoms. The first-order valence-electron chi connectivity index (χ1n) is 6.07. The Morgan fingerprint density at radius 2 is 2.05 bits per heavy atom. The van der Waals surface area contributed by atoms with Gasteiger partial charge in [-0.15, -0.1) is 5.10 Å². The van der Waals surface area contributed by atoms with E-state index in [1.165, 1.54) is 0 Å². The van der Waals surface area contributed by atoms with Gasteiger partial charge in [0, 0.05) is 41.2 Å². The highest BCUT2D eigenvalue weighted by Crippen LogP contribution is 2.29. The average molecular weight is 343 g/mol. The number of nitrogens with zero attached hydrogens (tertiary/aromatic N) is 3. The van der Waals surface area contributed by atoms with E-state index in [2.05, 4.69) is 41.3 Å². The molecule has 3 rings (SSSR count). The molecule has 2 heterocycles. The van der Waals surface area contributed by atoms with Crippen molar-refractivity contribution >= 4 is 33.5 Å². The first kappa shape index (κ1) is 12.9. The van der Waals surface area contributed by atoms with Gasteiger partial charge in [0.2, 0.25) is 5.95 Å². The van der Waals surface area contributed by atoms with Gasteiger partial charge in [-0.05, 0) is 34.1 Å². The Balaban J connectivity index is 1.87. The molecule has 100 valence electrons. The summed E-state index contributed by atoms with van der Waals surface area (Å²) in [7, 11) is 0. The third-order valence-corrected chi connectivity index (χ3v) is 3.95. The van der Waals surface area contributed by atoms with Crippen molar-refractivity contribution in [1.29, 1.82) is 0 Å². The van der Waals surface area contributed by atoms with E-state index in [4.69, 9.17) is 11.6 Å². The summed E-state index contributed by atoms with van der Waals surface area (Å²) in [5.74, 6) is 1.50. The van der Waals surface area contributed by atoms with Gasteiger partial charge in [0.1, 0.15) is 0 Å². The maximum absolute atomic E-state index is 5.94. The van der Waals surface area contributed by atoms with Crippen LogP contribution in [-0.4, -0.2) is 41.4 Å². The van der Waals surface area contributed by atoms with Gasteiger partial charge in [-0.2, -0.15) is 4.98 Å². The van der Waals surface area contributed by atoms with Gasteiger partial charge in [0.05, 0.1) is 0 Å². The molecular formula is C12H13BrClN5. The number of piperazine rings is 1. The topological polar surface area (TPSA) is 56.8 Å². The fourth-order valence-corrected chi connectivity index (χ4v) is 2.93. The van der Waals surface area contributed by atoms with E-state index in [0.717, 1.165) is 48.0 Å². The van der Waals surface area contributed by atoms with Crippen molar-refractivity contribution in [3.8, 4) is 11.4 Å². The molecule has 1 saturated heterocycles. The van der Waals surface area contributed by atoms with Crippen molar-refractivity contribution in [2.24, 2.45) is 0 Å². The molecule has 5 nitrogen and oxygen atoms in total. The maximum atomic E-state index is 5.94. The van der Waals surface area contributed by atoms with Gasteiger partial charge in [-0.1, -0.05) is 11.6 Å². The zero-order valence-electron chi connectivity index (χ0n) is 10.2. The number of nitrogens with one attached hydrogen (secondary N) is 2. The van der Waals surface area contributed by atoms with Crippen molar-refractivity contribution in [1.82, 2.24) is 20.5 Å². The lowest BCUT2D eigenvalue weighted by Gasteiger charge is -2.25. The minimum Gasteiger partial charge on any atom is -0.337 e. The van der Waals surface area contributed by atoms with Gasteiger partial charge < -0.3 is 10.2 Å². The fraction of sp³-hybridized carbons (Fsp3) is 0.333. The quantitative estimate of drug-likeness (QED) is 0.879. The molecule has 0 amide bonds. The number of anilines is 1. The summed E-state index contributed by atoms with van der Waals surface area (Å²) in [5.41, 5.74) is 0.957. The molecule has 1 fully saturated rings. The Hall–Kier alpha value is -1.11. The van der Waals surface area contributed by atoms with Gasteiger partial charge in [-0.25, -0.2) is 0 Å². The number of halogens is 2. The second kappa shape index (κ2) is 5.48. The Bertz CT molecular complexity index is 579. The molecule has 0 aliphatic carbocycles. The fourth-order valence-electron chi connectivity index (χ4n) is 2.06. The second-order valence-corrected chi connectivity index (χ2v) is 5.64. The normalized spacial score (nSPS) is 15.8. The van der Waals surface area contributed by atoms with Crippen LogP contribution in [0.5, 0.6) is 0 Å². The summed E-state index contributed by atoms with van der Waals surface area (Å²) in [5, 5.41) is 11.3. The number of rotatable bonds is 2. The molecule has 19 heavy (non-hydrogen) atoms.